The second-order valence-electron chi connectivity index (χ2n) is 11.2. The molecule has 3 aromatic rings. The molecule has 21 heteroatoms. The fourth-order valence-corrected chi connectivity index (χ4v) is 7.90. The van der Waals surface area contributed by atoms with E-state index in [4.69, 9.17) is 44.1 Å². The summed E-state index contributed by atoms with van der Waals surface area (Å²) in [6.45, 7) is 6.16. The van der Waals surface area contributed by atoms with Gasteiger partial charge in [-0.05, 0) is 58.2 Å². The number of halogens is 1. The summed E-state index contributed by atoms with van der Waals surface area (Å²) in [4.78, 5) is 42.4. The zero-order valence-corrected chi connectivity index (χ0v) is 31.0. The van der Waals surface area contributed by atoms with Gasteiger partial charge in [-0.15, -0.1) is 0 Å². The summed E-state index contributed by atoms with van der Waals surface area (Å²) in [6.07, 6.45) is -2.23. The van der Waals surface area contributed by atoms with Crippen molar-refractivity contribution in [1.29, 1.82) is 0 Å². The number of methoxy groups -OCH3 is 1. The summed E-state index contributed by atoms with van der Waals surface area (Å²) in [7, 11) is -7.96. The molecule has 0 fully saturated rings. The normalized spacial score (nSPS) is 15.2. The standard InChI is InChI=1S/C29H42ClN5O13P2/c1-19(2)47-28(36)42-16-45-49(38,39)18-50(40,46-17-43-29(37)48-20(3)4)44-15-23(41-6)12-13-35-26-24(14-31-35)25(33-27(30)34-26)32-21(5)22-10-8-7-9-11-22/h7-11,14,19-21,23H,12-13,15-18H2,1-6H3,(H,38,39)(H,32,33,34)/t21-,23-,50?/m0/s1. The number of benzene rings is 1. The van der Waals surface area contributed by atoms with Gasteiger partial charge < -0.3 is 38.4 Å². The molecule has 2 N–H and O–H groups in total. The Labute approximate surface area is 294 Å². The first-order valence-corrected chi connectivity index (χ1v) is 19.2. The van der Waals surface area contributed by atoms with Crippen LogP contribution < -0.4 is 5.32 Å². The molecular weight excluding hydrogens is 724 g/mol. The lowest BCUT2D eigenvalue weighted by atomic mass is 10.1. The van der Waals surface area contributed by atoms with E-state index in [0.717, 1.165) is 5.56 Å². The number of hydrogen-bond donors (Lipinski definition) is 2. The minimum Gasteiger partial charge on any atom is -0.432 e. The lowest BCUT2D eigenvalue weighted by molar-refractivity contribution is -0.0170. The summed E-state index contributed by atoms with van der Waals surface area (Å²) in [5, 5.41) is 8.39. The summed E-state index contributed by atoms with van der Waals surface area (Å²) < 4.78 is 67.8. The number of carbonyl (C=O) groups excluding carboxylic acids is 2. The van der Waals surface area contributed by atoms with Crippen molar-refractivity contribution in [3.05, 3.63) is 47.4 Å². The van der Waals surface area contributed by atoms with E-state index in [2.05, 4.69) is 25.1 Å². The fourth-order valence-electron chi connectivity index (χ4n) is 4.11. The van der Waals surface area contributed by atoms with Crippen LogP contribution in [0.1, 0.15) is 52.6 Å². The molecule has 2 aromatic heterocycles. The van der Waals surface area contributed by atoms with Crippen LogP contribution in [0.2, 0.25) is 5.28 Å². The van der Waals surface area contributed by atoms with Crippen molar-refractivity contribution >= 4 is 56.0 Å². The number of nitrogens with zero attached hydrogens (tertiary/aromatic N) is 4. The van der Waals surface area contributed by atoms with Crippen LogP contribution >= 0.6 is 26.8 Å². The van der Waals surface area contributed by atoms with Gasteiger partial charge >= 0.3 is 27.5 Å². The van der Waals surface area contributed by atoms with E-state index < -0.39 is 71.9 Å². The number of aryl methyl sites for hydroxylation is 1. The van der Waals surface area contributed by atoms with Crippen LogP contribution in [-0.2, 0) is 52.9 Å². The fraction of sp³-hybridized carbons (Fsp3) is 0.552. The molecule has 18 nitrogen and oxygen atoms in total. The zero-order valence-electron chi connectivity index (χ0n) is 28.4. The Hall–Kier alpha value is -3.34. The number of fused-ring (bicyclic) bond motifs is 1. The highest BCUT2D eigenvalue weighted by Gasteiger charge is 2.38. The van der Waals surface area contributed by atoms with E-state index in [0.29, 0.717) is 16.9 Å². The van der Waals surface area contributed by atoms with Gasteiger partial charge in [0, 0.05) is 19.7 Å². The van der Waals surface area contributed by atoms with Gasteiger partial charge in [0.1, 0.15) is 5.82 Å². The van der Waals surface area contributed by atoms with Gasteiger partial charge in [-0.25, -0.2) is 14.3 Å². The van der Waals surface area contributed by atoms with E-state index in [1.165, 1.54) is 7.11 Å². The average Bonchev–Trinajstić information content (AvgIpc) is 3.43. The molecule has 278 valence electrons. The Bertz CT molecular complexity index is 1650. The summed E-state index contributed by atoms with van der Waals surface area (Å²) in [5.41, 5.74) is 1.48. The van der Waals surface area contributed by atoms with Crippen LogP contribution in [0, 0.1) is 0 Å². The van der Waals surface area contributed by atoms with Crippen molar-refractivity contribution in [2.75, 3.05) is 38.5 Å². The smallest absolute Gasteiger partial charge is 0.432 e. The van der Waals surface area contributed by atoms with E-state index in [1.54, 1.807) is 38.6 Å². The molecule has 0 aliphatic heterocycles. The van der Waals surface area contributed by atoms with Crippen molar-refractivity contribution in [2.24, 2.45) is 0 Å². The molecule has 0 aliphatic carbocycles. The molecule has 4 atom stereocenters. The van der Waals surface area contributed by atoms with Crippen LogP contribution in [-0.4, -0.2) is 88.5 Å². The second-order valence-corrected chi connectivity index (χ2v) is 15.9. The van der Waals surface area contributed by atoms with Gasteiger partial charge in [0.25, 0.3) is 0 Å². The minimum atomic E-state index is -4.79. The minimum absolute atomic E-state index is 0.00378. The van der Waals surface area contributed by atoms with Gasteiger partial charge in [0.15, 0.2) is 11.6 Å². The molecule has 0 radical (unpaired) electrons. The zero-order chi connectivity index (χ0) is 36.9. The third kappa shape index (κ3) is 13.8. The van der Waals surface area contributed by atoms with Crippen molar-refractivity contribution < 1.29 is 60.9 Å². The number of nitrogens with one attached hydrogen (secondary N) is 1. The summed E-state index contributed by atoms with van der Waals surface area (Å²) in [6, 6.07) is 9.68. The topological polar surface area (TPSA) is 218 Å². The molecule has 1 aromatic carbocycles. The van der Waals surface area contributed by atoms with Crippen molar-refractivity contribution in [3.63, 3.8) is 0 Å². The highest BCUT2D eigenvalue weighted by molar-refractivity contribution is 7.70. The van der Waals surface area contributed by atoms with E-state index in [1.807, 2.05) is 37.3 Å². The molecule has 0 spiro atoms. The summed E-state index contributed by atoms with van der Waals surface area (Å²) in [5.74, 6) is -0.706. The predicted octanol–water partition coefficient (Wildman–Crippen LogP) is 6.48. The van der Waals surface area contributed by atoms with Crippen LogP contribution in [0.5, 0.6) is 0 Å². The molecule has 2 heterocycles. The molecule has 0 saturated carbocycles. The van der Waals surface area contributed by atoms with Crippen LogP contribution in [0.15, 0.2) is 36.5 Å². The molecule has 3 rings (SSSR count). The average molecular weight is 766 g/mol. The van der Waals surface area contributed by atoms with Gasteiger partial charge in [-0.3, -0.25) is 18.2 Å². The molecule has 2 unspecified atom stereocenters. The highest BCUT2D eigenvalue weighted by atomic mass is 35.5. The van der Waals surface area contributed by atoms with E-state index in [9.17, 15) is 23.6 Å². The van der Waals surface area contributed by atoms with E-state index in [-0.39, 0.29) is 24.3 Å². The lowest BCUT2D eigenvalue weighted by Crippen LogP contribution is -2.22. The number of hydrogen-bond acceptors (Lipinski definition) is 16. The Kier molecular flexibility index (Phi) is 15.9. The Morgan fingerprint density at radius 1 is 0.940 bits per heavy atom. The SMILES string of the molecule is CO[C@@H](CCn1ncc2c(N[C@@H](C)c3ccccc3)nc(Cl)nc21)COP(=O)(CP(=O)(O)OCOC(=O)OC(C)C)OCOC(=O)OC(C)C. The van der Waals surface area contributed by atoms with Crippen molar-refractivity contribution in [2.45, 2.75) is 71.9 Å². The maximum Gasteiger partial charge on any atom is 0.510 e. The van der Waals surface area contributed by atoms with Gasteiger partial charge in [-0.1, -0.05) is 30.3 Å². The third-order valence-electron chi connectivity index (χ3n) is 6.45. The Morgan fingerprint density at radius 2 is 1.56 bits per heavy atom. The maximum atomic E-state index is 13.6. The number of ether oxygens (including phenoxy) is 5. The largest absolute Gasteiger partial charge is 0.510 e. The maximum absolute atomic E-state index is 13.6. The first-order chi connectivity index (χ1) is 23.6. The number of rotatable bonds is 20. The van der Waals surface area contributed by atoms with Crippen molar-refractivity contribution in [3.8, 4) is 0 Å². The Balaban J connectivity index is 1.67. The molecular formula is C29H42ClN5O13P2. The van der Waals surface area contributed by atoms with Crippen LogP contribution in [0.25, 0.3) is 11.0 Å². The third-order valence-corrected chi connectivity index (χ3v) is 11.0. The van der Waals surface area contributed by atoms with Gasteiger partial charge in [0.2, 0.25) is 18.9 Å². The first-order valence-electron chi connectivity index (χ1n) is 15.3. The molecule has 0 bridgehead atoms. The quantitative estimate of drug-likeness (QED) is 0.0544. The van der Waals surface area contributed by atoms with Crippen LogP contribution in [0.3, 0.4) is 0 Å². The number of aromatic nitrogens is 4. The Morgan fingerprint density at radius 3 is 2.16 bits per heavy atom. The predicted molar refractivity (Wildman–Crippen MR) is 180 cm³/mol. The number of anilines is 1. The lowest BCUT2D eigenvalue weighted by Gasteiger charge is -2.23. The van der Waals surface area contributed by atoms with Gasteiger partial charge in [-0.2, -0.15) is 15.1 Å². The second kappa shape index (κ2) is 19.3. The number of carbonyl (C=O) groups is 2. The van der Waals surface area contributed by atoms with Gasteiger partial charge in [0.05, 0.1) is 36.5 Å². The van der Waals surface area contributed by atoms with Crippen molar-refractivity contribution in [1.82, 2.24) is 19.7 Å². The summed E-state index contributed by atoms with van der Waals surface area (Å²) >= 11 is 6.26. The monoisotopic (exact) mass is 765 g/mol. The molecule has 50 heavy (non-hydrogen) atoms. The van der Waals surface area contributed by atoms with E-state index >= 15 is 0 Å². The first kappa shape index (κ1) is 41.1. The molecule has 0 aliphatic rings. The van der Waals surface area contributed by atoms with Crippen LogP contribution in [0.4, 0.5) is 15.4 Å². The highest BCUT2D eigenvalue weighted by Crippen LogP contribution is 2.61. The molecule has 0 amide bonds. The molecule has 0 saturated heterocycles.